The number of hydrogen-bond acceptors (Lipinski definition) is 5. The lowest BCUT2D eigenvalue weighted by Gasteiger charge is -2.30. The molecule has 2 N–H and O–H groups in total. The summed E-state index contributed by atoms with van der Waals surface area (Å²) in [5, 5.41) is 10.6. The van der Waals surface area contributed by atoms with Gasteiger partial charge in [-0.3, -0.25) is 5.10 Å². The number of fused-ring (bicyclic) bond motifs is 1. The molecule has 4 rings (SSSR count). The molecule has 0 bridgehead atoms. The van der Waals surface area contributed by atoms with Crippen molar-refractivity contribution in [2.75, 3.05) is 31.1 Å². The van der Waals surface area contributed by atoms with Crippen LogP contribution in [0.15, 0.2) is 52.4 Å². The Morgan fingerprint density at radius 1 is 1.08 bits per heavy atom. The van der Waals surface area contributed by atoms with E-state index >= 15 is 0 Å². The summed E-state index contributed by atoms with van der Waals surface area (Å²) in [6, 6.07) is 10.5. The number of aromatic amines is 1. The maximum absolute atomic E-state index is 13.5. The third kappa shape index (κ3) is 3.15. The van der Waals surface area contributed by atoms with E-state index < -0.39 is 15.7 Å². The van der Waals surface area contributed by atoms with Crippen LogP contribution in [0.4, 0.5) is 10.1 Å². The largest absolute Gasteiger partial charge is 0.368 e. The van der Waals surface area contributed by atoms with Crippen LogP contribution in [0.3, 0.4) is 0 Å². The Morgan fingerprint density at radius 2 is 1.81 bits per heavy atom. The van der Waals surface area contributed by atoms with Gasteiger partial charge in [0.15, 0.2) is 5.03 Å². The standard InChI is InChI=1S/C17H17FN4O2S.ClH/c18-12-3-1-4-13(11-12)25(23,24)17-16-14(20-21-17)5-2-6-15(16)22-9-7-19-8-10-22;/h1-6,11,19H,7-10H2,(H,20,21);1H. The summed E-state index contributed by atoms with van der Waals surface area (Å²) < 4.78 is 39.6. The van der Waals surface area contributed by atoms with E-state index in [9.17, 15) is 12.8 Å². The highest BCUT2D eigenvalue weighted by Gasteiger charge is 2.26. The highest BCUT2D eigenvalue weighted by molar-refractivity contribution is 7.91. The minimum absolute atomic E-state index is 0. The fraction of sp³-hybridized carbons (Fsp3) is 0.235. The van der Waals surface area contributed by atoms with Crippen molar-refractivity contribution in [1.29, 1.82) is 0 Å². The van der Waals surface area contributed by atoms with Gasteiger partial charge in [-0.15, -0.1) is 12.4 Å². The van der Waals surface area contributed by atoms with Gasteiger partial charge in [-0.25, -0.2) is 12.8 Å². The Labute approximate surface area is 156 Å². The number of halogens is 2. The number of sulfone groups is 1. The van der Waals surface area contributed by atoms with Gasteiger partial charge in [0.25, 0.3) is 0 Å². The molecule has 2 aromatic carbocycles. The highest BCUT2D eigenvalue weighted by Crippen LogP contribution is 2.33. The van der Waals surface area contributed by atoms with E-state index in [1.165, 1.54) is 18.2 Å². The van der Waals surface area contributed by atoms with Gasteiger partial charge in [0.1, 0.15) is 5.82 Å². The molecule has 26 heavy (non-hydrogen) atoms. The zero-order valence-corrected chi connectivity index (χ0v) is 15.4. The number of nitrogens with zero attached hydrogens (tertiary/aromatic N) is 2. The first-order chi connectivity index (χ1) is 12.1. The van der Waals surface area contributed by atoms with Crippen LogP contribution in [-0.4, -0.2) is 44.8 Å². The Morgan fingerprint density at radius 3 is 2.54 bits per heavy atom. The normalized spacial score (nSPS) is 15.0. The second-order valence-electron chi connectivity index (χ2n) is 5.92. The average molecular weight is 397 g/mol. The van der Waals surface area contributed by atoms with E-state index in [1.807, 2.05) is 12.1 Å². The molecule has 6 nitrogen and oxygen atoms in total. The van der Waals surface area contributed by atoms with Crippen molar-refractivity contribution in [1.82, 2.24) is 15.5 Å². The van der Waals surface area contributed by atoms with Gasteiger partial charge in [0.2, 0.25) is 9.84 Å². The predicted molar refractivity (Wildman–Crippen MR) is 100 cm³/mol. The highest BCUT2D eigenvalue weighted by atomic mass is 35.5. The lowest BCUT2D eigenvalue weighted by atomic mass is 10.2. The van der Waals surface area contributed by atoms with Gasteiger partial charge in [-0.05, 0) is 30.3 Å². The molecule has 3 aromatic rings. The number of benzene rings is 2. The molecule has 0 saturated carbocycles. The van der Waals surface area contributed by atoms with Crippen molar-refractivity contribution < 1.29 is 12.8 Å². The second-order valence-corrected chi connectivity index (χ2v) is 7.81. The maximum Gasteiger partial charge on any atom is 0.224 e. The number of rotatable bonds is 3. The van der Waals surface area contributed by atoms with E-state index in [2.05, 4.69) is 20.4 Å². The summed E-state index contributed by atoms with van der Waals surface area (Å²) in [6.07, 6.45) is 0. The van der Waals surface area contributed by atoms with Crippen molar-refractivity contribution in [3.63, 3.8) is 0 Å². The molecule has 0 atom stereocenters. The summed E-state index contributed by atoms with van der Waals surface area (Å²) in [5.74, 6) is -0.591. The van der Waals surface area contributed by atoms with E-state index in [1.54, 1.807) is 6.07 Å². The zero-order chi connectivity index (χ0) is 17.4. The smallest absolute Gasteiger partial charge is 0.224 e. The predicted octanol–water partition coefficient (Wildman–Crippen LogP) is 2.37. The van der Waals surface area contributed by atoms with Gasteiger partial charge in [0.05, 0.1) is 15.8 Å². The molecule has 0 aliphatic carbocycles. The van der Waals surface area contributed by atoms with E-state index in [0.717, 1.165) is 37.9 Å². The van der Waals surface area contributed by atoms with Crippen LogP contribution in [0.1, 0.15) is 0 Å². The molecule has 1 fully saturated rings. The number of hydrogen-bond donors (Lipinski definition) is 2. The molecule has 1 aliphatic rings. The molecule has 0 unspecified atom stereocenters. The Bertz CT molecular complexity index is 1030. The molecule has 0 radical (unpaired) electrons. The van der Waals surface area contributed by atoms with Crippen molar-refractivity contribution >= 4 is 38.8 Å². The van der Waals surface area contributed by atoms with Crippen LogP contribution in [0, 0.1) is 5.82 Å². The molecule has 1 aromatic heterocycles. The SMILES string of the molecule is Cl.O=S(=O)(c1cccc(F)c1)c1[nH]nc2cccc(N3CCNCC3)c12. The third-order valence-electron chi connectivity index (χ3n) is 4.36. The summed E-state index contributed by atoms with van der Waals surface area (Å²) in [4.78, 5) is 2.05. The van der Waals surface area contributed by atoms with E-state index in [0.29, 0.717) is 10.9 Å². The summed E-state index contributed by atoms with van der Waals surface area (Å²) >= 11 is 0. The first-order valence-corrected chi connectivity index (χ1v) is 9.49. The molecule has 1 saturated heterocycles. The van der Waals surface area contributed by atoms with Gasteiger partial charge < -0.3 is 10.2 Å². The molecular formula is C17H18ClFN4O2S. The lowest BCUT2D eigenvalue weighted by Crippen LogP contribution is -2.43. The molecule has 0 spiro atoms. The molecule has 1 aliphatic heterocycles. The van der Waals surface area contributed by atoms with Gasteiger partial charge in [0, 0.05) is 31.9 Å². The van der Waals surface area contributed by atoms with E-state index in [4.69, 9.17) is 0 Å². The Hall–Kier alpha value is -2.16. The fourth-order valence-corrected chi connectivity index (χ4v) is 4.54. The third-order valence-corrected chi connectivity index (χ3v) is 6.07. The van der Waals surface area contributed by atoms with Gasteiger partial charge in [-0.1, -0.05) is 12.1 Å². The first-order valence-electron chi connectivity index (χ1n) is 8.01. The number of piperazine rings is 1. The van der Waals surface area contributed by atoms with Gasteiger partial charge >= 0.3 is 0 Å². The number of H-pyrrole nitrogens is 1. The lowest BCUT2D eigenvalue weighted by molar-refractivity contribution is 0.586. The van der Waals surface area contributed by atoms with Crippen molar-refractivity contribution in [2.24, 2.45) is 0 Å². The van der Waals surface area contributed by atoms with Crippen molar-refractivity contribution in [3.8, 4) is 0 Å². The zero-order valence-electron chi connectivity index (χ0n) is 13.8. The topological polar surface area (TPSA) is 78.1 Å². The number of anilines is 1. The Balaban J connectivity index is 0.00000196. The minimum atomic E-state index is -3.91. The fourth-order valence-electron chi connectivity index (χ4n) is 3.14. The summed E-state index contributed by atoms with van der Waals surface area (Å²) in [5.41, 5.74) is 1.40. The van der Waals surface area contributed by atoms with Crippen LogP contribution in [-0.2, 0) is 9.84 Å². The number of nitrogens with one attached hydrogen (secondary N) is 2. The summed E-state index contributed by atoms with van der Waals surface area (Å²) in [6.45, 7) is 3.23. The first kappa shape index (κ1) is 18.6. The van der Waals surface area contributed by atoms with E-state index in [-0.39, 0.29) is 22.3 Å². The minimum Gasteiger partial charge on any atom is -0.368 e. The number of aromatic nitrogens is 2. The van der Waals surface area contributed by atoms with Crippen LogP contribution in [0.2, 0.25) is 0 Å². The quantitative estimate of drug-likeness (QED) is 0.710. The molecule has 9 heteroatoms. The van der Waals surface area contributed by atoms with Crippen molar-refractivity contribution in [2.45, 2.75) is 9.92 Å². The molecule has 2 heterocycles. The molecular weight excluding hydrogens is 379 g/mol. The average Bonchev–Trinajstić information content (AvgIpc) is 3.07. The maximum atomic E-state index is 13.5. The van der Waals surface area contributed by atoms with Crippen LogP contribution < -0.4 is 10.2 Å². The molecule has 0 amide bonds. The monoisotopic (exact) mass is 396 g/mol. The molecule has 138 valence electrons. The van der Waals surface area contributed by atoms with Gasteiger partial charge in [-0.2, -0.15) is 5.10 Å². The van der Waals surface area contributed by atoms with Crippen LogP contribution >= 0.6 is 12.4 Å². The van der Waals surface area contributed by atoms with Crippen LogP contribution in [0.25, 0.3) is 10.9 Å². The second kappa shape index (κ2) is 7.22. The Kier molecular flexibility index (Phi) is 5.17. The summed E-state index contributed by atoms with van der Waals surface area (Å²) in [7, 11) is -3.91. The van der Waals surface area contributed by atoms with Crippen LogP contribution in [0.5, 0.6) is 0 Å². The van der Waals surface area contributed by atoms with Crippen molar-refractivity contribution in [3.05, 3.63) is 48.3 Å².